The number of hydrogen-bond donors (Lipinski definition) is 0. The molecule has 0 saturated carbocycles. The van der Waals surface area contributed by atoms with Gasteiger partial charge in [0.1, 0.15) is 17.6 Å². The molecule has 5 heterocycles. The van der Waals surface area contributed by atoms with Crippen LogP contribution in [0.2, 0.25) is 0 Å². The van der Waals surface area contributed by atoms with Gasteiger partial charge in [0.2, 0.25) is 0 Å². The Morgan fingerprint density at radius 3 is 2.96 bits per heavy atom. The van der Waals surface area contributed by atoms with Crippen molar-refractivity contribution in [2.45, 2.75) is 12.5 Å². The molecule has 1 saturated heterocycles. The van der Waals surface area contributed by atoms with Crippen LogP contribution in [0.25, 0.3) is 22.6 Å². The lowest BCUT2D eigenvalue weighted by Gasteiger charge is -2.17. The van der Waals surface area contributed by atoms with Gasteiger partial charge >= 0.3 is 0 Å². The van der Waals surface area contributed by atoms with Gasteiger partial charge in [0.25, 0.3) is 5.91 Å². The molecular formula is C19H16N4O3. The summed E-state index contributed by atoms with van der Waals surface area (Å²) >= 11 is 0. The van der Waals surface area contributed by atoms with E-state index in [4.69, 9.17) is 13.8 Å². The first kappa shape index (κ1) is 14.9. The summed E-state index contributed by atoms with van der Waals surface area (Å²) in [6.45, 7) is 1.26. The zero-order valence-electron chi connectivity index (χ0n) is 13.9. The SMILES string of the molecule is O=C(c1ccco1)N1CC[C@H](n2c(-c3ccoc3)nc3cccnc32)C1. The largest absolute Gasteiger partial charge is 0.472 e. The van der Waals surface area contributed by atoms with E-state index in [-0.39, 0.29) is 11.9 Å². The number of likely N-dealkylation sites (tertiary alicyclic amines) is 1. The smallest absolute Gasteiger partial charge is 0.289 e. The molecule has 1 fully saturated rings. The van der Waals surface area contributed by atoms with Gasteiger partial charge in [0.15, 0.2) is 11.4 Å². The van der Waals surface area contributed by atoms with Gasteiger partial charge in [-0.25, -0.2) is 9.97 Å². The lowest BCUT2D eigenvalue weighted by molar-refractivity contribution is 0.0756. The number of imidazole rings is 1. The number of fused-ring (bicyclic) bond motifs is 1. The van der Waals surface area contributed by atoms with Crippen molar-refractivity contribution in [2.24, 2.45) is 0 Å². The lowest BCUT2D eigenvalue weighted by atomic mass is 10.2. The van der Waals surface area contributed by atoms with Gasteiger partial charge in [-0.2, -0.15) is 0 Å². The number of rotatable bonds is 3. The first-order valence-corrected chi connectivity index (χ1v) is 8.49. The Bertz CT molecular complexity index is 1050. The topological polar surface area (TPSA) is 77.3 Å². The van der Waals surface area contributed by atoms with Crippen LogP contribution in [0, 0.1) is 0 Å². The van der Waals surface area contributed by atoms with Gasteiger partial charge in [-0.3, -0.25) is 4.79 Å². The molecule has 0 N–H and O–H groups in total. The third-order valence-electron chi connectivity index (χ3n) is 4.78. The minimum absolute atomic E-state index is 0.0836. The molecule has 0 spiro atoms. The molecular weight excluding hydrogens is 332 g/mol. The Balaban J connectivity index is 1.53. The number of carbonyl (C=O) groups is 1. The van der Waals surface area contributed by atoms with E-state index in [0.29, 0.717) is 18.8 Å². The molecule has 0 aliphatic carbocycles. The van der Waals surface area contributed by atoms with Crippen molar-refractivity contribution in [1.82, 2.24) is 19.4 Å². The normalized spacial score (nSPS) is 17.2. The van der Waals surface area contributed by atoms with Crippen LogP contribution in [0.1, 0.15) is 23.0 Å². The van der Waals surface area contributed by atoms with Gasteiger partial charge in [-0.1, -0.05) is 0 Å². The summed E-state index contributed by atoms with van der Waals surface area (Å²) in [5.74, 6) is 1.10. The van der Waals surface area contributed by atoms with Crippen LogP contribution in [0.5, 0.6) is 0 Å². The molecule has 0 unspecified atom stereocenters. The minimum atomic E-state index is -0.0836. The molecule has 1 aliphatic heterocycles. The maximum atomic E-state index is 12.6. The summed E-state index contributed by atoms with van der Waals surface area (Å²) in [7, 11) is 0. The number of hydrogen-bond acceptors (Lipinski definition) is 5. The molecule has 4 aromatic rings. The second-order valence-corrected chi connectivity index (χ2v) is 6.33. The van der Waals surface area contributed by atoms with Crippen LogP contribution in [0.4, 0.5) is 0 Å². The van der Waals surface area contributed by atoms with Gasteiger partial charge in [0.05, 0.1) is 24.1 Å². The van der Waals surface area contributed by atoms with Gasteiger partial charge in [-0.05, 0) is 36.8 Å². The molecule has 1 aliphatic rings. The second-order valence-electron chi connectivity index (χ2n) is 6.33. The van der Waals surface area contributed by atoms with Gasteiger partial charge in [0, 0.05) is 19.3 Å². The van der Waals surface area contributed by atoms with Crippen LogP contribution < -0.4 is 0 Å². The van der Waals surface area contributed by atoms with Crippen molar-refractivity contribution in [3.05, 3.63) is 61.1 Å². The van der Waals surface area contributed by atoms with Crippen molar-refractivity contribution in [3.63, 3.8) is 0 Å². The van der Waals surface area contributed by atoms with Crippen LogP contribution in [0.15, 0.2) is 64.2 Å². The fraction of sp³-hybridized carbons (Fsp3) is 0.211. The fourth-order valence-corrected chi connectivity index (χ4v) is 3.56. The number of aromatic nitrogens is 3. The highest BCUT2D eigenvalue weighted by Crippen LogP contribution is 2.32. The standard InChI is InChI=1S/C19H16N4O3/c24-19(16-4-2-9-26-16)22-8-5-14(11-22)23-17(13-6-10-25-12-13)21-15-3-1-7-20-18(15)23/h1-4,6-7,9-10,12,14H,5,8,11H2/t14-/m0/s1. The number of furan rings is 2. The number of nitrogens with zero attached hydrogens (tertiary/aromatic N) is 4. The van der Waals surface area contributed by atoms with Crippen molar-refractivity contribution in [1.29, 1.82) is 0 Å². The summed E-state index contributed by atoms with van der Waals surface area (Å²) in [5.41, 5.74) is 2.55. The molecule has 1 atom stereocenters. The molecule has 7 heteroatoms. The van der Waals surface area contributed by atoms with E-state index in [1.165, 1.54) is 6.26 Å². The summed E-state index contributed by atoms with van der Waals surface area (Å²) in [6.07, 6.45) is 7.43. The second kappa shape index (κ2) is 5.87. The van der Waals surface area contributed by atoms with E-state index in [1.54, 1.807) is 30.9 Å². The molecule has 0 radical (unpaired) electrons. The van der Waals surface area contributed by atoms with Crippen LogP contribution in [-0.2, 0) is 0 Å². The molecule has 5 rings (SSSR count). The Morgan fingerprint density at radius 1 is 1.19 bits per heavy atom. The molecule has 7 nitrogen and oxygen atoms in total. The minimum Gasteiger partial charge on any atom is -0.472 e. The van der Waals surface area contributed by atoms with E-state index < -0.39 is 0 Å². The fourth-order valence-electron chi connectivity index (χ4n) is 3.56. The van der Waals surface area contributed by atoms with E-state index in [2.05, 4.69) is 9.55 Å². The van der Waals surface area contributed by atoms with E-state index in [9.17, 15) is 4.79 Å². The first-order valence-electron chi connectivity index (χ1n) is 8.49. The van der Waals surface area contributed by atoms with Gasteiger partial charge < -0.3 is 18.3 Å². The Labute approximate surface area is 148 Å². The van der Waals surface area contributed by atoms with E-state index in [1.807, 2.05) is 23.1 Å². The molecule has 26 heavy (non-hydrogen) atoms. The van der Waals surface area contributed by atoms with Crippen LogP contribution in [-0.4, -0.2) is 38.4 Å². The monoisotopic (exact) mass is 348 g/mol. The number of amides is 1. The molecule has 0 aromatic carbocycles. The highest BCUT2D eigenvalue weighted by Gasteiger charge is 2.32. The average Bonchev–Trinajstić information content (AvgIpc) is 3.47. The van der Waals surface area contributed by atoms with Crippen molar-refractivity contribution in [2.75, 3.05) is 13.1 Å². The first-order chi connectivity index (χ1) is 12.8. The molecule has 130 valence electrons. The lowest BCUT2D eigenvalue weighted by Crippen LogP contribution is -2.28. The predicted octanol–water partition coefficient (Wildman–Crippen LogP) is 3.37. The predicted molar refractivity (Wildman–Crippen MR) is 93.5 cm³/mol. The Morgan fingerprint density at radius 2 is 2.15 bits per heavy atom. The summed E-state index contributed by atoms with van der Waals surface area (Å²) in [6, 6.07) is 9.23. The zero-order valence-corrected chi connectivity index (χ0v) is 13.9. The zero-order chi connectivity index (χ0) is 17.5. The van der Waals surface area contributed by atoms with Gasteiger partial charge in [-0.15, -0.1) is 0 Å². The molecule has 1 amide bonds. The van der Waals surface area contributed by atoms with Crippen LogP contribution in [0.3, 0.4) is 0 Å². The highest BCUT2D eigenvalue weighted by molar-refractivity contribution is 5.91. The van der Waals surface area contributed by atoms with Crippen molar-refractivity contribution in [3.8, 4) is 11.4 Å². The summed E-state index contributed by atoms with van der Waals surface area (Å²) in [5, 5.41) is 0. The molecule has 0 bridgehead atoms. The third kappa shape index (κ3) is 2.32. The van der Waals surface area contributed by atoms with Crippen molar-refractivity contribution >= 4 is 17.1 Å². The summed E-state index contributed by atoms with van der Waals surface area (Å²) < 4.78 is 12.6. The Kier molecular flexibility index (Phi) is 3.38. The third-order valence-corrected chi connectivity index (χ3v) is 4.78. The number of pyridine rings is 1. The summed E-state index contributed by atoms with van der Waals surface area (Å²) in [4.78, 5) is 23.7. The van der Waals surface area contributed by atoms with E-state index >= 15 is 0 Å². The average molecular weight is 348 g/mol. The van der Waals surface area contributed by atoms with Crippen molar-refractivity contribution < 1.29 is 13.6 Å². The maximum Gasteiger partial charge on any atom is 0.289 e. The quantitative estimate of drug-likeness (QED) is 0.567. The number of carbonyl (C=O) groups excluding carboxylic acids is 1. The Hall–Kier alpha value is -3.35. The van der Waals surface area contributed by atoms with E-state index in [0.717, 1.165) is 29.0 Å². The molecule has 4 aromatic heterocycles. The highest BCUT2D eigenvalue weighted by atomic mass is 16.3. The maximum absolute atomic E-state index is 12.6. The van der Waals surface area contributed by atoms with Crippen LogP contribution >= 0.6 is 0 Å².